The fraction of sp³-hybridized carbons (Fsp3) is 0.312. The van der Waals surface area contributed by atoms with Crippen LogP contribution in [-0.2, 0) is 6.42 Å². The number of hydrogen-bond donors (Lipinski definition) is 4. The summed E-state index contributed by atoms with van der Waals surface area (Å²) in [5.41, 5.74) is 2.59. The van der Waals surface area contributed by atoms with E-state index in [-0.39, 0.29) is 11.9 Å². The van der Waals surface area contributed by atoms with E-state index in [9.17, 15) is 9.59 Å². The number of anilines is 2. The molecule has 1 aromatic carbocycles. The number of nitrogens with zero attached hydrogens (tertiary/aromatic N) is 1. The first-order valence-electron chi connectivity index (χ1n) is 7.67. The van der Waals surface area contributed by atoms with Gasteiger partial charge in [-0.3, -0.25) is 9.89 Å². The summed E-state index contributed by atoms with van der Waals surface area (Å²) in [6.45, 7) is 1.99. The SMILES string of the molecule is CCc1cc(C(=O)Nc2ccc(NC(=O)NC3CC3)cc2)n[nH]1. The van der Waals surface area contributed by atoms with Gasteiger partial charge in [0.1, 0.15) is 0 Å². The Hall–Kier alpha value is -2.83. The molecule has 1 heterocycles. The van der Waals surface area contributed by atoms with Crippen LogP contribution in [0.3, 0.4) is 0 Å². The molecule has 1 saturated carbocycles. The number of aromatic nitrogens is 2. The molecule has 1 aliphatic carbocycles. The van der Waals surface area contributed by atoms with Crippen LogP contribution in [0.5, 0.6) is 0 Å². The molecule has 1 aliphatic rings. The van der Waals surface area contributed by atoms with E-state index in [0.717, 1.165) is 25.0 Å². The number of hydrogen-bond acceptors (Lipinski definition) is 3. The van der Waals surface area contributed by atoms with Gasteiger partial charge in [0, 0.05) is 23.1 Å². The molecule has 0 atom stereocenters. The maximum atomic E-state index is 12.1. The van der Waals surface area contributed by atoms with Gasteiger partial charge in [-0.05, 0) is 49.6 Å². The lowest BCUT2D eigenvalue weighted by Gasteiger charge is -2.08. The van der Waals surface area contributed by atoms with Crippen molar-refractivity contribution in [3.05, 3.63) is 41.7 Å². The molecule has 2 aromatic rings. The molecule has 1 fully saturated rings. The quantitative estimate of drug-likeness (QED) is 0.682. The Morgan fingerprint density at radius 3 is 2.39 bits per heavy atom. The second-order valence-electron chi connectivity index (χ2n) is 5.54. The standard InChI is InChI=1S/C16H19N5O2/c1-2-10-9-14(21-20-10)15(22)17-11-3-5-12(6-4-11)18-16(23)19-13-7-8-13/h3-6,9,13H,2,7-8H2,1H3,(H,17,22)(H,20,21)(H2,18,19,23). The number of nitrogens with one attached hydrogen (secondary N) is 4. The monoisotopic (exact) mass is 313 g/mol. The minimum absolute atomic E-state index is 0.201. The molecule has 23 heavy (non-hydrogen) atoms. The Morgan fingerprint density at radius 1 is 1.17 bits per heavy atom. The molecule has 120 valence electrons. The summed E-state index contributed by atoms with van der Waals surface area (Å²) in [5.74, 6) is -0.270. The zero-order chi connectivity index (χ0) is 16.2. The van der Waals surface area contributed by atoms with Crippen LogP contribution in [0, 0.1) is 0 Å². The lowest BCUT2D eigenvalue weighted by atomic mass is 10.2. The fourth-order valence-electron chi connectivity index (χ4n) is 2.07. The van der Waals surface area contributed by atoms with Gasteiger partial charge in [0.15, 0.2) is 5.69 Å². The van der Waals surface area contributed by atoms with Crippen molar-refractivity contribution in [1.29, 1.82) is 0 Å². The van der Waals surface area contributed by atoms with Gasteiger partial charge >= 0.3 is 6.03 Å². The summed E-state index contributed by atoms with van der Waals surface area (Å²) in [6, 6.07) is 8.79. The average Bonchev–Trinajstić information content (AvgIpc) is 3.21. The predicted molar refractivity (Wildman–Crippen MR) is 87.5 cm³/mol. The van der Waals surface area contributed by atoms with E-state index in [1.165, 1.54) is 0 Å². The largest absolute Gasteiger partial charge is 0.335 e. The van der Waals surface area contributed by atoms with Crippen LogP contribution >= 0.6 is 0 Å². The Morgan fingerprint density at radius 2 is 1.83 bits per heavy atom. The fourth-order valence-corrected chi connectivity index (χ4v) is 2.07. The van der Waals surface area contributed by atoms with Crippen LogP contribution in [-0.4, -0.2) is 28.2 Å². The number of carbonyl (C=O) groups excluding carboxylic acids is 2. The van der Waals surface area contributed by atoms with Gasteiger partial charge < -0.3 is 16.0 Å². The molecular weight excluding hydrogens is 294 g/mol. The van der Waals surface area contributed by atoms with E-state index < -0.39 is 0 Å². The number of urea groups is 1. The van der Waals surface area contributed by atoms with Crippen molar-refractivity contribution in [2.45, 2.75) is 32.2 Å². The number of benzene rings is 1. The number of aryl methyl sites for hydroxylation is 1. The molecule has 7 heteroatoms. The first-order chi connectivity index (χ1) is 11.1. The highest BCUT2D eigenvalue weighted by atomic mass is 16.2. The molecule has 0 saturated heterocycles. The highest BCUT2D eigenvalue weighted by Gasteiger charge is 2.23. The molecule has 0 unspecified atom stereocenters. The third-order valence-corrected chi connectivity index (χ3v) is 3.56. The number of rotatable bonds is 5. The lowest BCUT2D eigenvalue weighted by Crippen LogP contribution is -2.30. The Labute approximate surface area is 133 Å². The van der Waals surface area contributed by atoms with Crippen molar-refractivity contribution < 1.29 is 9.59 Å². The number of amides is 3. The topological polar surface area (TPSA) is 98.9 Å². The molecule has 0 spiro atoms. The zero-order valence-corrected chi connectivity index (χ0v) is 12.8. The Bertz CT molecular complexity index is 704. The first-order valence-corrected chi connectivity index (χ1v) is 7.67. The zero-order valence-electron chi connectivity index (χ0n) is 12.8. The number of H-pyrrole nitrogens is 1. The molecule has 7 nitrogen and oxygen atoms in total. The molecule has 3 rings (SSSR count). The predicted octanol–water partition coefficient (Wildman–Crippen LogP) is 2.51. The molecule has 0 radical (unpaired) electrons. The summed E-state index contributed by atoms with van der Waals surface area (Å²) < 4.78 is 0. The van der Waals surface area contributed by atoms with Gasteiger partial charge in [-0.25, -0.2) is 4.79 Å². The summed E-state index contributed by atoms with van der Waals surface area (Å²) in [5, 5.41) is 15.2. The average molecular weight is 313 g/mol. The van der Waals surface area contributed by atoms with Crippen LogP contribution < -0.4 is 16.0 Å². The lowest BCUT2D eigenvalue weighted by molar-refractivity contribution is 0.102. The van der Waals surface area contributed by atoms with Gasteiger partial charge in [-0.15, -0.1) is 0 Å². The number of aromatic amines is 1. The van der Waals surface area contributed by atoms with E-state index in [1.807, 2.05) is 6.92 Å². The van der Waals surface area contributed by atoms with Crippen LogP contribution in [0.1, 0.15) is 35.9 Å². The van der Waals surface area contributed by atoms with E-state index in [1.54, 1.807) is 30.3 Å². The van der Waals surface area contributed by atoms with Crippen molar-refractivity contribution in [2.24, 2.45) is 0 Å². The van der Waals surface area contributed by atoms with Gasteiger partial charge in [0.2, 0.25) is 0 Å². The summed E-state index contributed by atoms with van der Waals surface area (Å²) in [4.78, 5) is 23.7. The second kappa shape index (κ2) is 6.51. The van der Waals surface area contributed by atoms with Crippen LogP contribution in [0.25, 0.3) is 0 Å². The normalized spacial score (nSPS) is 13.4. The van der Waals surface area contributed by atoms with Gasteiger partial charge in [0.25, 0.3) is 5.91 Å². The van der Waals surface area contributed by atoms with Crippen LogP contribution in [0.4, 0.5) is 16.2 Å². The minimum Gasteiger partial charge on any atom is -0.335 e. The first kappa shape index (κ1) is 15.1. The molecule has 4 N–H and O–H groups in total. The molecule has 3 amide bonds. The summed E-state index contributed by atoms with van der Waals surface area (Å²) in [6.07, 6.45) is 2.89. The Balaban J connectivity index is 1.55. The minimum atomic E-state index is -0.270. The van der Waals surface area contributed by atoms with Gasteiger partial charge in [-0.1, -0.05) is 6.92 Å². The number of carbonyl (C=O) groups is 2. The molecular formula is C16H19N5O2. The van der Waals surface area contributed by atoms with Gasteiger partial charge in [0.05, 0.1) is 0 Å². The van der Waals surface area contributed by atoms with Crippen molar-refractivity contribution >= 4 is 23.3 Å². The molecule has 1 aromatic heterocycles. The van der Waals surface area contributed by atoms with Crippen LogP contribution in [0.2, 0.25) is 0 Å². The van der Waals surface area contributed by atoms with E-state index >= 15 is 0 Å². The third kappa shape index (κ3) is 4.09. The van der Waals surface area contributed by atoms with Crippen molar-refractivity contribution in [3.63, 3.8) is 0 Å². The maximum absolute atomic E-state index is 12.1. The maximum Gasteiger partial charge on any atom is 0.319 e. The Kier molecular flexibility index (Phi) is 4.27. The summed E-state index contributed by atoms with van der Waals surface area (Å²) >= 11 is 0. The third-order valence-electron chi connectivity index (χ3n) is 3.56. The van der Waals surface area contributed by atoms with Crippen LogP contribution in [0.15, 0.2) is 30.3 Å². The van der Waals surface area contributed by atoms with E-state index in [0.29, 0.717) is 23.1 Å². The second-order valence-corrected chi connectivity index (χ2v) is 5.54. The summed E-state index contributed by atoms with van der Waals surface area (Å²) in [7, 11) is 0. The highest BCUT2D eigenvalue weighted by Crippen LogP contribution is 2.19. The van der Waals surface area contributed by atoms with Crippen molar-refractivity contribution in [3.8, 4) is 0 Å². The smallest absolute Gasteiger partial charge is 0.319 e. The van der Waals surface area contributed by atoms with Crippen molar-refractivity contribution in [1.82, 2.24) is 15.5 Å². The molecule has 0 bridgehead atoms. The van der Waals surface area contributed by atoms with E-state index in [4.69, 9.17) is 0 Å². The highest BCUT2D eigenvalue weighted by molar-refractivity contribution is 6.03. The van der Waals surface area contributed by atoms with Crippen molar-refractivity contribution in [2.75, 3.05) is 10.6 Å². The van der Waals surface area contributed by atoms with Gasteiger partial charge in [-0.2, -0.15) is 5.10 Å². The van der Waals surface area contributed by atoms with E-state index in [2.05, 4.69) is 26.1 Å². The molecule has 0 aliphatic heterocycles.